The van der Waals surface area contributed by atoms with Crippen molar-refractivity contribution in [3.63, 3.8) is 0 Å². The number of nitrogens with zero attached hydrogens (tertiary/aromatic N) is 1. The molecule has 0 unspecified atom stereocenters. The van der Waals surface area contributed by atoms with Crippen LogP contribution in [0, 0.1) is 0 Å². The van der Waals surface area contributed by atoms with Crippen molar-refractivity contribution >= 4 is 29.5 Å². The Morgan fingerprint density at radius 2 is 1.64 bits per heavy atom. The van der Waals surface area contributed by atoms with E-state index in [0.29, 0.717) is 12.8 Å². The van der Waals surface area contributed by atoms with Crippen LogP contribution in [0.25, 0.3) is 0 Å². The lowest BCUT2D eigenvalue weighted by Crippen LogP contribution is -2.55. The van der Waals surface area contributed by atoms with Crippen molar-refractivity contribution in [3.8, 4) is 0 Å². The molecule has 0 spiro atoms. The topological polar surface area (TPSA) is 66.5 Å². The molecule has 5 nitrogen and oxygen atoms in total. The smallest absolute Gasteiger partial charge is 0.242 e. The van der Waals surface area contributed by atoms with Gasteiger partial charge in [-0.1, -0.05) is 33.1 Å². The maximum atomic E-state index is 12.4. The molecule has 1 aliphatic heterocycles. The zero-order valence-electron chi connectivity index (χ0n) is 13.5. The zero-order chi connectivity index (χ0) is 16.1. The van der Waals surface area contributed by atoms with E-state index in [2.05, 4.69) is 5.32 Å². The molecular formula is C16H26N2O3S. The molecular weight excluding hydrogens is 300 g/mol. The van der Waals surface area contributed by atoms with E-state index in [1.54, 1.807) is 0 Å². The van der Waals surface area contributed by atoms with Crippen LogP contribution >= 0.6 is 11.8 Å². The van der Waals surface area contributed by atoms with Crippen molar-refractivity contribution in [2.24, 2.45) is 0 Å². The second-order valence-electron chi connectivity index (χ2n) is 6.09. The highest BCUT2D eigenvalue weighted by Crippen LogP contribution is 2.31. The molecule has 0 bridgehead atoms. The van der Waals surface area contributed by atoms with Gasteiger partial charge in [0.15, 0.2) is 0 Å². The van der Waals surface area contributed by atoms with Crippen LogP contribution in [0.1, 0.15) is 58.8 Å². The summed E-state index contributed by atoms with van der Waals surface area (Å²) >= 11 is 1.44. The number of rotatable bonds is 5. The lowest BCUT2D eigenvalue weighted by molar-refractivity contribution is -0.148. The predicted molar refractivity (Wildman–Crippen MR) is 87.5 cm³/mol. The third kappa shape index (κ3) is 4.03. The summed E-state index contributed by atoms with van der Waals surface area (Å²) in [7, 11) is 0. The largest absolute Gasteiger partial charge is 0.352 e. The summed E-state index contributed by atoms with van der Waals surface area (Å²) in [5.41, 5.74) is 0. The SMILES string of the molecule is CC[C@@H]1S[C@H](CC)C(=O)N(CC(=O)NC2CCCCC2)C1=O. The summed E-state index contributed by atoms with van der Waals surface area (Å²) < 4.78 is 0. The van der Waals surface area contributed by atoms with Crippen molar-refractivity contribution in [1.29, 1.82) is 0 Å². The van der Waals surface area contributed by atoms with Crippen LogP contribution in [-0.2, 0) is 14.4 Å². The van der Waals surface area contributed by atoms with Gasteiger partial charge < -0.3 is 5.32 Å². The highest BCUT2D eigenvalue weighted by Gasteiger charge is 2.40. The Morgan fingerprint density at radius 3 is 2.14 bits per heavy atom. The first kappa shape index (κ1) is 17.3. The number of amides is 3. The van der Waals surface area contributed by atoms with Crippen molar-refractivity contribution in [2.45, 2.75) is 75.3 Å². The molecule has 2 aliphatic rings. The molecule has 1 saturated heterocycles. The highest BCUT2D eigenvalue weighted by atomic mass is 32.2. The van der Waals surface area contributed by atoms with Crippen molar-refractivity contribution in [2.75, 3.05) is 6.54 Å². The molecule has 2 fully saturated rings. The van der Waals surface area contributed by atoms with Crippen LogP contribution in [0.2, 0.25) is 0 Å². The molecule has 22 heavy (non-hydrogen) atoms. The highest BCUT2D eigenvalue weighted by molar-refractivity contribution is 8.02. The molecule has 124 valence electrons. The Kier molecular flexibility index (Phi) is 6.29. The standard InChI is InChI=1S/C16H26N2O3S/c1-3-12-15(20)18(16(21)13(4-2)22-12)10-14(19)17-11-8-6-5-7-9-11/h11-13H,3-10H2,1-2H3,(H,17,19)/t12-,13+. The Morgan fingerprint density at radius 1 is 1.09 bits per heavy atom. The molecule has 1 N–H and O–H groups in total. The van der Waals surface area contributed by atoms with E-state index in [0.717, 1.165) is 25.7 Å². The molecule has 0 radical (unpaired) electrons. The van der Waals surface area contributed by atoms with E-state index in [-0.39, 0.29) is 40.8 Å². The third-order valence-corrected chi connectivity index (χ3v) is 6.15. The number of hydrogen-bond donors (Lipinski definition) is 1. The number of thioether (sulfide) groups is 1. The Hall–Kier alpha value is -1.04. The average Bonchev–Trinajstić information content (AvgIpc) is 2.53. The van der Waals surface area contributed by atoms with E-state index >= 15 is 0 Å². The monoisotopic (exact) mass is 326 g/mol. The fraction of sp³-hybridized carbons (Fsp3) is 0.812. The van der Waals surface area contributed by atoms with E-state index in [1.807, 2.05) is 13.8 Å². The minimum absolute atomic E-state index is 0.123. The molecule has 2 atom stereocenters. The van der Waals surface area contributed by atoms with E-state index in [9.17, 15) is 14.4 Å². The van der Waals surface area contributed by atoms with Gasteiger partial charge in [-0.3, -0.25) is 19.3 Å². The molecule has 0 aromatic heterocycles. The van der Waals surface area contributed by atoms with Gasteiger partial charge in [-0.05, 0) is 25.7 Å². The maximum absolute atomic E-state index is 12.4. The van der Waals surface area contributed by atoms with Crippen LogP contribution in [0.4, 0.5) is 0 Å². The summed E-state index contributed by atoms with van der Waals surface area (Å²) in [4.78, 5) is 38.1. The minimum Gasteiger partial charge on any atom is -0.352 e. The van der Waals surface area contributed by atoms with Gasteiger partial charge in [0.2, 0.25) is 17.7 Å². The first-order valence-corrected chi connectivity index (χ1v) is 9.31. The summed E-state index contributed by atoms with van der Waals surface area (Å²) in [5, 5.41) is 2.57. The second kappa shape index (κ2) is 7.99. The summed E-state index contributed by atoms with van der Waals surface area (Å²) in [6.07, 6.45) is 6.88. The van der Waals surface area contributed by atoms with Crippen LogP contribution in [-0.4, -0.2) is 45.7 Å². The van der Waals surface area contributed by atoms with Gasteiger partial charge in [0, 0.05) is 6.04 Å². The van der Waals surface area contributed by atoms with Gasteiger partial charge in [0.25, 0.3) is 0 Å². The quantitative estimate of drug-likeness (QED) is 0.786. The lowest BCUT2D eigenvalue weighted by atomic mass is 9.95. The molecule has 1 saturated carbocycles. The molecule has 0 aromatic carbocycles. The van der Waals surface area contributed by atoms with Gasteiger partial charge in [-0.15, -0.1) is 11.8 Å². The fourth-order valence-electron chi connectivity index (χ4n) is 3.13. The minimum atomic E-state index is -0.207. The number of hydrogen-bond acceptors (Lipinski definition) is 4. The van der Waals surface area contributed by atoms with Crippen LogP contribution < -0.4 is 5.32 Å². The van der Waals surface area contributed by atoms with Crippen LogP contribution in [0.15, 0.2) is 0 Å². The fourth-order valence-corrected chi connectivity index (χ4v) is 4.40. The third-order valence-electron chi connectivity index (χ3n) is 4.43. The first-order chi connectivity index (χ1) is 10.6. The normalized spacial score (nSPS) is 27.1. The van der Waals surface area contributed by atoms with Crippen LogP contribution in [0.3, 0.4) is 0 Å². The number of imide groups is 1. The van der Waals surface area contributed by atoms with E-state index in [4.69, 9.17) is 0 Å². The number of carbonyl (C=O) groups excluding carboxylic acids is 3. The van der Waals surface area contributed by atoms with Crippen molar-refractivity contribution < 1.29 is 14.4 Å². The Labute approximate surface area is 136 Å². The van der Waals surface area contributed by atoms with Gasteiger partial charge in [-0.2, -0.15) is 0 Å². The summed E-state index contributed by atoms with van der Waals surface area (Å²) in [6.45, 7) is 3.76. The lowest BCUT2D eigenvalue weighted by Gasteiger charge is -2.34. The molecule has 2 rings (SSSR count). The van der Waals surface area contributed by atoms with E-state index in [1.165, 1.54) is 23.1 Å². The van der Waals surface area contributed by atoms with Crippen molar-refractivity contribution in [1.82, 2.24) is 10.2 Å². The van der Waals surface area contributed by atoms with Gasteiger partial charge in [0.05, 0.1) is 10.5 Å². The second-order valence-corrected chi connectivity index (χ2v) is 7.51. The molecule has 0 aromatic rings. The maximum Gasteiger partial charge on any atom is 0.242 e. The Bertz CT molecular complexity index is 413. The summed E-state index contributed by atoms with van der Waals surface area (Å²) in [6, 6.07) is 0.203. The zero-order valence-corrected chi connectivity index (χ0v) is 14.3. The summed E-state index contributed by atoms with van der Waals surface area (Å²) in [5.74, 6) is -0.618. The molecule has 3 amide bonds. The average molecular weight is 326 g/mol. The molecule has 1 heterocycles. The van der Waals surface area contributed by atoms with E-state index < -0.39 is 0 Å². The molecule has 1 aliphatic carbocycles. The van der Waals surface area contributed by atoms with Gasteiger partial charge >= 0.3 is 0 Å². The molecule has 6 heteroatoms. The Balaban J connectivity index is 1.96. The van der Waals surface area contributed by atoms with Gasteiger partial charge in [-0.25, -0.2) is 0 Å². The number of nitrogens with one attached hydrogen (secondary N) is 1. The van der Waals surface area contributed by atoms with Crippen LogP contribution in [0.5, 0.6) is 0 Å². The van der Waals surface area contributed by atoms with Crippen molar-refractivity contribution in [3.05, 3.63) is 0 Å². The van der Waals surface area contributed by atoms with Gasteiger partial charge in [0.1, 0.15) is 6.54 Å². The first-order valence-electron chi connectivity index (χ1n) is 8.36. The predicted octanol–water partition coefficient (Wildman–Crippen LogP) is 2.09. The number of carbonyl (C=O) groups is 3.